The molecule has 0 atom stereocenters. The average molecular weight is 996 g/mol. The van der Waals surface area contributed by atoms with Crippen LogP contribution in [0.25, 0.3) is 38.9 Å². The first-order valence-corrected chi connectivity index (χ1v) is 21.2. The van der Waals surface area contributed by atoms with Crippen molar-refractivity contribution < 1.29 is 25.8 Å². The molecule has 2 aromatic heterocycles. The van der Waals surface area contributed by atoms with Crippen LogP contribution in [-0.2, 0) is 26.5 Å². The Kier molecular flexibility index (Phi) is 10.3. The number of para-hydroxylation sites is 3. The van der Waals surface area contributed by atoms with E-state index in [2.05, 4.69) is 223 Å². The van der Waals surface area contributed by atoms with Crippen LogP contribution in [0.3, 0.4) is 0 Å². The predicted octanol–water partition coefficient (Wildman–Crippen LogP) is 13.2. The maximum atomic E-state index is 6.66. The fourth-order valence-corrected chi connectivity index (χ4v) is 8.88. The Hall–Kier alpha value is -6.82. The van der Waals surface area contributed by atoms with Gasteiger partial charge < -0.3 is 23.9 Å². The fraction of sp³-hybridized carbons (Fsp3) is 0.0909. The molecule has 3 aliphatic heterocycles. The number of benzene rings is 6. The van der Waals surface area contributed by atoms with Gasteiger partial charge in [-0.15, -0.1) is 48.1 Å². The van der Waals surface area contributed by atoms with Crippen LogP contribution >= 0.6 is 0 Å². The van der Waals surface area contributed by atoms with E-state index < -0.39 is 0 Å². The number of hydrogen-bond acceptors (Lipinski definition) is 5. The van der Waals surface area contributed by atoms with Crippen LogP contribution < -0.4 is 14.5 Å². The maximum Gasteiger partial charge on any atom is 0.313 e. The molecule has 11 rings (SSSR count). The first-order valence-electron chi connectivity index (χ1n) is 21.2. The minimum Gasteiger partial charge on any atom is -0.509 e. The third-order valence-corrected chi connectivity index (χ3v) is 12.0. The summed E-state index contributed by atoms with van der Waals surface area (Å²) in [5.41, 5.74) is 13.1. The van der Waals surface area contributed by atoms with E-state index in [0.717, 1.165) is 67.2 Å². The number of pyridine rings is 1. The molecule has 5 heterocycles. The van der Waals surface area contributed by atoms with Gasteiger partial charge in [-0.3, -0.25) is 0 Å². The van der Waals surface area contributed by atoms with Gasteiger partial charge in [-0.2, -0.15) is 12.1 Å². The number of fused-ring (bicyclic) bond motifs is 5. The van der Waals surface area contributed by atoms with Crippen LogP contribution in [-0.4, -0.2) is 21.2 Å². The third kappa shape index (κ3) is 7.21. The van der Waals surface area contributed by atoms with Gasteiger partial charge in [-0.1, -0.05) is 135 Å². The van der Waals surface area contributed by atoms with Crippen molar-refractivity contribution >= 4 is 57.0 Å². The summed E-state index contributed by atoms with van der Waals surface area (Å²) in [5, 5.41) is 2.23. The van der Waals surface area contributed by atoms with Crippen molar-refractivity contribution in [2.45, 2.75) is 33.1 Å². The van der Waals surface area contributed by atoms with Gasteiger partial charge in [-0.05, 0) is 82.6 Å². The van der Waals surface area contributed by atoms with Crippen LogP contribution in [0.5, 0.6) is 11.5 Å². The Morgan fingerprint density at radius 1 is 0.667 bits per heavy atom. The van der Waals surface area contributed by atoms with Gasteiger partial charge in [0.1, 0.15) is 5.82 Å². The van der Waals surface area contributed by atoms with Crippen molar-refractivity contribution in [3.05, 3.63) is 229 Å². The molecule has 63 heavy (non-hydrogen) atoms. The second-order valence-electron chi connectivity index (χ2n) is 17.1. The van der Waals surface area contributed by atoms with Gasteiger partial charge >= 0.3 is 6.85 Å². The molecule has 0 amide bonds. The number of anilines is 3. The van der Waals surface area contributed by atoms with E-state index >= 15 is 0 Å². The summed E-state index contributed by atoms with van der Waals surface area (Å²) in [7, 11) is 0. The molecule has 0 N–H and O–H groups in total. The summed E-state index contributed by atoms with van der Waals surface area (Å²) >= 11 is 0. The SMILES string of the molecule is Cc1ccc(C2=CB3C=CC=CN3C(c3ccccc3)=C2N2[CH-]N(c3[c-]c(Oc4[c-]c5c(cc4)c4ccccc4n5-c4cc(C(C)(C)C)ccn4)ccc3)c3ccccc32)cc1.[Pt]. The van der Waals surface area contributed by atoms with Crippen molar-refractivity contribution in [1.29, 1.82) is 0 Å². The Labute approximate surface area is 384 Å². The molecule has 0 fully saturated rings. The normalized spacial score (nSPS) is 14.6. The average Bonchev–Trinajstić information content (AvgIpc) is 3.85. The number of aromatic nitrogens is 2. The maximum absolute atomic E-state index is 6.66. The Bertz CT molecular complexity index is 3160. The Morgan fingerprint density at radius 3 is 2.22 bits per heavy atom. The quantitative estimate of drug-likeness (QED) is 0.117. The minimum absolute atomic E-state index is 0. The van der Waals surface area contributed by atoms with Crippen LogP contribution in [0.2, 0.25) is 0 Å². The Balaban J connectivity index is 0.00000471. The van der Waals surface area contributed by atoms with Gasteiger partial charge in [0.15, 0.2) is 0 Å². The third-order valence-electron chi connectivity index (χ3n) is 12.0. The molecule has 0 spiro atoms. The molecule has 0 aliphatic carbocycles. The van der Waals surface area contributed by atoms with Crippen molar-refractivity contribution in [3.63, 3.8) is 0 Å². The molecule has 0 saturated heterocycles. The second kappa shape index (κ2) is 16.1. The van der Waals surface area contributed by atoms with Crippen LogP contribution in [0.15, 0.2) is 188 Å². The van der Waals surface area contributed by atoms with Crippen molar-refractivity contribution in [2.75, 3.05) is 9.80 Å². The van der Waals surface area contributed by atoms with Crippen LogP contribution in [0.1, 0.15) is 43.0 Å². The molecule has 6 aromatic carbocycles. The topological polar surface area (TPSA) is 36.8 Å². The Morgan fingerprint density at radius 2 is 1.41 bits per heavy atom. The molecule has 0 radical (unpaired) electrons. The molecule has 310 valence electrons. The largest absolute Gasteiger partial charge is 0.509 e. The minimum atomic E-state index is -0.0253. The summed E-state index contributed by atoms with van der Waals surface area (Å²) in [4.78, 5) is 11.8. The van der Waals surface area contributed by atoms with Gasteiger partial charge in [-0.25, -0.2) is 4.98 Å². The zero-order chi connectivity index (χ0) is 42.0. The zero-order valence-corrected chi connectivity index (χ0v) is 37.7. The van der Waals surface area contributed by atoms with E-state index in [1.807, 2.05) is 24.4 Å². The molecule has 0 saturated carbocycles. The van der Waals surface area contributed by atoms with Crippen molar-refractivity contribution in [3.8, 4) is 17.3 Å². The van der Waals surface area contributed by atoms with E-state index in [0.29, 0.717) is 11.5 Å². The number of ether oxygens (including phenoxy) is 1. The molecule has 0 bridgehead atoms. The summed E-state index contributed by atoms with van der Waals surface area (Å²) in [6.45, 7) is 11.1. The monoisotopic (exact) mass is 995 g/mol. The van der Waals surface area contributed by atoms with Crippen molar-refractivity contribution in [2.24, 2.45) is 0 Å². The number of aryl methyl sites for hydroxylation is 1. The van der Waals surface area contributed by atoms with Crippen molar-refractivity contribution in [1.82, 2.24) is 14.4 Å². The predicted molar refractivity (Wildman–Crippen MR) is 255 cm³/mol. The van der Waals surface area contributed by atoms with E-state index in [1.165, 1.54) is 16.7 Å². The van der Waals surface area contributed by atoms with Crippen LogP contribution in [0.4, 0.5) is 17.1 Å². The number of hydrogen-bond donors (Lipinski definition) is 0. The van der Waals surface area contributed by atoms with Gasteiger partial charge in [0.05, 0.1) is 5.70 Å². The zero-order valence-electron chi connectivity index (χ0n) is 35.4. The smallest absolute Gasteiger partial charge is 0.313 e. The molecule has 3 aliphatic rings. The molecule has 0 unspecified atom stereocenters. The van der Waals surface area contributed by atoms with Gasteiger partial charge in [0.25, 0.3) is 0 Å². The summed E-state index contributed by atoms with van der Waals surface area (Å²) < 4.78 is 8.86. The molecular formula is C55H43BN5OPt-3. The molecular weight excluding hydrogens is 953 g/mol. The van der Waals surface area contributed by atoms with Gasteiger partial charge in [0.2, 0.25) is 0 Å². The standard InChI is InChI=1S/C55H43BN5O.Pt/c1-38-23-25-39(26-24-38)47-36-56-30-12-13-32-60(56)53(40-15-6-5-7-16-40)54(47)59-37-58(49-21-10-11-22-50(49)59)42-17-14-18-43(34-42)62-44-27-28-46-45-19-8-9-20-48(45)61(51(46)35-44)52-33-41(29-31-57-52)55(2,3)4;/h5-33,36-37H,1-4H3;/q-3;. The summed E-state index contributed by atoms with van der Waals surface area (Å²) in [6.07, 6.45) is 8.35. The molecule has 6 nitrogen and oxygen atoms in total. The number of rotatable bonds is 7. The molecule has 8 heteroatoms. The van der Waals surface area contributed by atoms with E-state index in [1.54, 1.807) is 0 Å². The first kappa shape index (κ1) is 40.3. The summed E-state index contributed by atoms with van der Waals surface area (Å²) in [6, 6.07) is 58.4. The fourth-order valence-electron chi connectivity index (χ4n) is 8.88. The second-order valence-corrected chi connectivity index (χ2v) is 17.1. The number of nitrogens with zero attached hydrogens (tertiary/aromatic N) is 5. The van der Waals surface area contributed by atoms with Gasteiger partial charge in [0, 0.05) is 61.3 Å². The van der Waals surface area contributed by atoms with Crippen LogP contribution in [0, 0.1) is 25.7 Å². The van der Waals surface area contributed by atoms with E-state index in [4.69, 9.17) is 9.72 Å². The van der Waals surface area contributed by atoms with E-state index in [9.17, 15) is 0 Å². The molecule has 8 aromatic rings. The summed E-state index contributed by atoms with van der Waals surface area (Å²) in [5.74, 6) is 6.69. The number of allylic oxidation sites excluding steroid dienone is 3. The van der Waals surface area contributed by atoms with E-state index in [-0.39, 0.29) is 33.3 Å². The first-order chi connectivity index (χ1) is 30.3.